The summed E-state index contributed by atoms with van der Waals surface area (Å²) in [5, 5.41) is 1.19. The molecule has 7 aromatic rings. The van der Waals surface area contributed by atoms with Gasteiger partial charge in [-0.05, 0) is 82.3 Å². The number of nitrogens with zero attached hydrogens (tertiary/aromatic N) is 2. The number of para-hydroxylation sites is 1. The van der Waals surface area contributed by atoms with Gasteiger partial charge in [0.05, 0.1) is 5.52 Å². The van der Waals surface area contributed by atoms with Crippen molar-refractivity contribution in [2.45, 2.75) is 51.9 Å². The van der Waals surface area contributed by atoms with Crippen LogP contribution in [0.1, 0.15) is 48.6 Å². The second kappa shape index (κ2) is 13.7. The van der Waals surface area contributed by atoms with Crippen LogP contribution in [0.2, 0.25) is 0 Å². The number of hydrogen-bond donors (Lipinski definition) is 0. The molecular formula is C46H38IrN2-2. The van der Waals surface area contributed by atoms with Crippen molar-refractivity contribution in [3.05, 3.63) is 167 Å². The van der Waals surface area contributed by atoms with E-state index in [4.69, 9.17) is 4.98 Å². The van der Waals surface area contributed by atoms with Gasteiger partial charge >= 0.3 is 0 Å². The number of aryl methyl sites for hydroxylation is 4. The molecule has 2 heterocycles. The average molecular weight is 811 g/mol. The number of pyridine rings is 2. The van der Waals surface area contributed by atoms with Crippen molar-refractivity contribution in [3.63, 3.8) is 0 Å². The zero-order valence-electron chi connectivity index (χ0n) is 28.2. The second-order valence-corrected chi connectivity index (χ2v) is 13.9. The van der Waals surface area contributed by atoms with E-state index in [1.807, 2.05) is 18.3 Å². The Balaban J connectivity index is 0.000000154. The summed E-state index contributed by atoms with van der Waals surface area (Å²) in [6.45, 7) is 6.66. The van der Waals surface area contributed by atoms with Gasteiger partial charge in [0, 0.05) is 26.3 Å². The first kappa shape index (κ1) is 32.8. The van der Waals surface area contributed by atoms with E-state index in [-0.39, 0.29) is 25.5 Å². The fraction of sp³-hybridized carbons (Fsp3) is 0.174. The van der Waals surface area contributed by atoms with Crippen LogP contribution in [0.3, 0.4) is 0 Å². The Morgan fingerprint density at radius 2 is 1.35 bits per heavy atom. The summed E-state index contributed by atoms with van der Waals surface area (Å²) in [6, 6.07) is 49.7. The van der Waals surface area contributed by atoms with Crippen LogP contribution in [0, 0.1) is 12.1 Å². The van der Waals surface area contributed by atoms with E-state index in [0.717, 1.165) is 53.7 Å². The van der Waals surface area contributed by atoms with Gasteiger partial charge in [0.1, 0.15) is 0 Å². The summed E-state index contributed by atoms with van der Waals surface area (Å²) in [6.07, 6.45) is 6.36. The molecule has 0 saturated heterocycles. The van der Waals surface area contributed by atoms with Crippen molar-refractivity contribution < 1.29 is 20.1 Å². The maximum Gasteiger partial charge on any atom is 0.0595 e. The Bertz CT molecular complexity index is 2230. The van der Waals surface area contributed by atoms with Gasteiger partial charge in [0.25, 0.3) is 0 Å². The van der Waals surface area contributed by atoms with Crippen LogP contribution < -0.4 is 0 Å². The van der Waals surface area contributed by atoms with Gasteiger partial charge < -0.3 is 4.98 Å². The predicted octanol–water partition coefficient (Wildman–Crippen LogP) is 11.1. The third-order valence-electron chi connectivity index (χ3n) is 9.71. The summed E-state index contributed by atoms with van der Waals surface area (Å²) in [7, 11) is 0. The smallest absolute Gasteiger partial charge is 0.0595 e. The minimum Gasteiger partial charge on any atom is -0.305 e. The van der Waals surface area contributed by atoms with E-state index >= 15 is 0 Å². The third kappa shape index (κ3) is 6.66. The summed E-state index contributed by atoms with van der Waals surface area (Å²) in [4.78, 5) is 9.42. The van der Waals surface area contributed by atoms with Crippen molar-refractivity contribution in [3.8, 4) is 44.8 Å². The van der Waals surface area contributed by atoms with E-state index in [0.29, 0.717) is 0 Å². The summed E-state index contributed by atoms with van der Waals surface area (Å²) >= 11 is 0. The molecule has 49 heavy (non-hydrogen) atoms. The Morgan fingerprint density at radius 3 is 2.16 bits per heavy atom. The minimum atomic E-state index is 0. The van der Waals surface area contributed by atoms with Gasteiger partial charge in [-0.15, -0.1) is 64.2 Å². The van der Waals surface area contributed by atoms with E-state index in [9.17, 15) is 0 Å². The summed E-state index contributed by atoms with van der Waals surface area (Å²) in [5.74, 6) is 0. The molecule has 0 bridgehead atoms. The Labute approximate surface area is 303 Å². The van der Waals surface area contributed by atoms with E-state index < -0.39 is 0 Å². The van der Waals surface area contributed by atoms with Crippen molar-refractivity contribution in [1.82, 2.24) is 9.97 Å². The van der Waals surface area contributed by atoms with Crippen LogP contribution >= 0.6 is 0 Å². The molecule has 1 radical (unpaired) electrons. The summed E-state index contributed by atoms with van der Waals surface area (Å²) in [5.41, 5.74) is 17.9. The molecule has 243 valence electrons. The molecule has 0 unspecified atom stereocenters. The molecule has 2 aromatic heterocycles. The molecule has 5 aromatic carbocycles. The van der Waals surface area contributed by atoms with Gasteiger partial charge in [0.15, 0.2) is 0 Å². The van der Waals surface area contributed by atoms with Gasteiger partial charge in [-0.1, -0.05) is 117 Å². The maximum absolute atomic E-state index is 4.90. The molecule has 0 aliphatic heterocycles. The number of rotatable bonds is 3. The molecule has 0 N–H and O–H groups in total. The first-order valence-electron chi connectivity index (χ1n) is 17.0. The van der Waals surface area contributed by atoms with E-state index in [2.05, 4.69) is 147 Å². The fourth-order valence-electron chi connectivity index (χ4n) is 7.14. The first-order valence-corrected chi connectivity index (χ1v) is 17.0. The largest absolute Gasteiger partial charge is 0.305 e. The van der Waals surface area contributed by atoms with E-state index in [1.54, 1.807) is 0 Å². The summed E-state index contributed by atoms with van der Waals surface area (Å²) < 4.78 is 0. The van der Waals surface area contributed by atoms with Crippen molar-refractivity contribution in [2.75, 3.05) is 0 Å². The van der Waals surface area contributed by atoms with Crippen LogP contribution in [0.4, 0.5) is 0 Å². The van der Waals surface area contributed by atoms with Crippen molar-refractivity contribution in [1.29, 1.82) is 0 Å². The number of hydrogen-bond acceptors (Lipinski definition) is 2. The molecule has 2 nitrogen and oxygen atoms in total. The molecule has 0 spiro atoms. The second-order valence-electron chi connectivity index (χ2n) is 13.9. The molecule has 9 rings (SSSR count). The Kier molecular flexibility index (Phi) is 9.16. The van der Waals surface area contributed by atoms with Crippen LogP contribution in [0.5, 0.6) is 0 Å². The zero-order valence-corrected chi connectivity index (χ0v) is 30.6. The van der Waals surface area contributed by atoms with Crippen LogP contribution in [-0.4, -0.2) is 9.97 Å². The van der Waals surface area contributed by atoms with Gasteiger partial charge in [-0.3, -0.25) is 4.98 Å². The molecule has 0 amide bonds. The standard InChI is InChI=1S/C25H18N.C21H20N.Ir/c1-2-7-22-16(4-1)12-13-23(26-22)21-14-19-10-8-17-5-3-6-18-9-11-20(15-21)25(19)24(17)18;1-21(2,3)19-12-13-22-20(15-19)18-11-7-10-17(14-18)16-8-5-4-6-9-16;/h1-7,12-14H,8-11H2;4-10,12-15H,1-3H3;/q2*-1;. The molecule has 0 saturated carbocycles. The normalized spacial score (nSPS) is 12.7. The molecule has 2 aliphatic carbocycles. The van der Waals surface area contributed by atoms with Gasteiger partial charge in [-0.2, -0.15) is 0 Å². The molecular weight excluding hydrogens is 773 g/mol. The number of fused-ring (bicyclic) bond motifs is 1. The first-order chi connectivity index (χ1) is 23.4. The number of aromatic nitrogens is 2. The monoisotopic (exact) mass is 811 g/mol. The maximum atomic E-state index is 4.90. The van der Waals surface area contributed by atoms with Crippen LogP contribution in [0.15, 0.2) is 128 Å². The molecule has 0 fully saturated rings. The fourth-order valence-corrected chi connectivity index (χ4v) is 7.14. The van der Waals surface area contributed by atoms with Crippen LogP contribution in [0.25, 0.3) is 55.7 Å². The van der Waals surface area contributed by atoms with E-state index in [1.165, 1.54) is 55.5 Å². The minimum absolute atomic E-state index is 0. The Hall–Kier alpha value is -4.69. The molecule has 3 heteroatoms. The van der Waals surface area contributed by atoms with Gasteiger partial charge in [0.2, 0.25) is 0 Å². The average Bonchev–Trinajstić information content (AvgIpc) is 3.14. The van der Waals surface area contributed by atoms with Crippen LogP contribution in [-0.2, 0) is 51.2 Å². The molecule has 2 aliphatic rings. The Morgan fingerprint density at radius 1 is 0.592 bits per heavy atom. The van der Waals surface area contributed by atoms with Crippen molar-refractivity contribution >= 4 is 10.9 Å². The topological polar surface area (TPSA) is 25.8 Å². The number of benzene rings is 5. The predicted molar refractivity (Wildman–Crippen MR) is 199 cm³/mol. The zero-order chi connectivity index (χ0) is 32.7. The van der Waals surface area contributed by atoms with Gasteiger partial charge in [-0.25, -0.2) is 0 Å². The molecule has 0 atom stereocenters. The quantitative estimate of drug-likeness (QED) is 0.166. The van der Waals surface area contributed by atoms with Crippen molar-refractivity contribution in [2.24, 2.45) is 0 Å². The SMILES string of the molecule is CC(C)(C)c1ccnc(-c2[c-]ccc(-c3ccccc3)c2)c1.[Ir].[c-]1c(-c2ccc3ccccc3n2)cc2c3c1CCc1cccc(c1-3)CC2. The third-order valence-corrected chi connectivity index (χ3v) is 9.71.